The third kappa shape index (κ3) is 2.51. The maximum absolute atomic E-state index is 11.5. The summed E-state index contributed by atoms with van der Waals surface area (Å²) < 4.78 is 4.35. The van der Waals surface area contributed by atoms with Gasteiger partial charge >= 0.3 is 0 Å². The van der Waals surface area contributed by atoms with Crippen molar-refractivity contribution in [2.45, 2.75) is 0 Å². The largest absolute Gasteiger partial charge is 0.304 e. The predicted molar refractivity (Wildman–Crippen MR) is 50.8 cm³/mol. The van der Waals surface area contributed by atoms with E-state index in [2.05, 4.69) is 32.3 Å². The second kappa shape index (κ2) is 4.37. The first-order chi connectivity index (χ1) is 7.25. The van der Waals surface area contributed by atoms with E-state index in [1.165, 1.54) is 6.20 Å². The van der Waals surface area contributed by atoms with Crippen LogP contribution in [0, 0.1) is 0 Å². The molecule has 1 amide bonds. The van der Waals surface area contributed by atoms with Gasteiger partial charge in [-0.1, -0.05) is 5.16 Å². The lowest BCUT2D eigenvalue weighted by atomic mass is 10.4. The smallest absolute Gasteiger partial charge is 0.289 e. The van der Waals surface area contributed by atoms with Crippen molar-refractivity contribution in [1.29, 1.82) is 0 Å². The molecule has 0 aliphatic carbocycles. The first kappa shape index (κ1) is 10.1. The molecule has 7 nitrogen and oxygen atoms in total. The van der Waals surface area contributed by atoms with E-state index >= 15 is 0 Å². The van der Waals surface area contributed by atoms with Crippen LogP contribution in [0.1, 0.15) is 10.5 Å². The van der Waals surface area contributed by atoms with Crippen molar-refractivity contribution < 1.29 is 9.42 Å². The van der Waals surface area contributed by atoms with E-state index in [-0.39, 0.29) is 11.6 Å². The molecule has 2 rings (SSSR count). The van der Waals surface area contributed by atoms with Gasteiger partial charge in [0.05, 0.1) is 0 Å². The van der Waals surface area contributed by atoms with Crippen molar-refractivity contribution in [2.24, 2.45) is 0 Å². The summed E-state index contributed by atoms with van der Waals surface area (Å²) in [6.45, 7) is 3.51. The number of amides is 1. The number of likely N-dealkylation sites (N-methyl/N-ethyl adjacent to an activating group) is 1. The van der Waals surface area contributed by atoms with Gasteiger partial charge in [-0.05, 0) is 12.2 Å². The van der Waals surface area contributed by atoms with Gasteiger partial charge in [0.2, 0.25) is 0 Å². The highest BCUT2D eigenvalue weighted by Gasteiger charge is 2.17. The number of aromatic nitrogens is 2. The summed E-state index contributed by atoms with van der Waals surface area (Å²) in [6.07, 6.45) is 1.30. The molecule has 0 saturated carbocycles. The van der Waals surface area contributed by atoms with Crippen LogP contribution in [0.4, 0.5) is 0 Å². The lowest BCUT2D eigenvalue weighted by Crippen LogP contribution is -2.52. The van der Waals surface area contributed by atoms with Crippen LogP contribution in [-0.2, 0) is 0 Å². The molecule has 1 aliphatic rings. The zero-order chi connectivity index (χ0) is 10.7. The van der Waals surface area contributed by atoms with E-state index in [4.69, 9.17) is 0 Å². The van der Waals surface area contributed by atoms with Gasteiger partial charge in [-0.3, -0.25) is 10.2 Å². The highest BCUT2D eigenvalue weighted by Crippen LogP contribution is 1.97. The van der Waals surface area contributed by atoms with Crippen LogP contribution in [0.3, 0.4) is 0 Å². The van der Waals surface area contributed by atoms with Crippen LogP contribution in [0.25, 0.3) is 0 Å². The van der Waals surface area contributed by atoms with Crippen LogP contribution in [0.5, 0.6) is 0 Å². The molecule has 0 unspecified atom stereocenters. The van der Waals surface area contributed by atoms with Gasteiger partial charge in [0, 0.05) is 26.2 Å². The van der Waals surface area contributed by atoms with Crippen LogP contribution in [0.15, 0.2) is 10.8 Å². The van der Waals surface area contributed by atoms with E-state index < -0.39 is 0 Å². The molecule has 82 valence electrons. The molecule has 1 aliphatic heterocycles. The molecular formula is C8H13N5O2. The minimum atomic E-state index is -0.277. The molecule has 0 bridgehead atoms. The normalized spacial score (nSPS) is 19.0. The van der Waals surface area contributed by atoms with Crippen LogP contribution in [-0.4, -0.2) is 59.4 Å². The summed E-state index contributed by atoms with van der Waals surface area (Å²) in [7, 11) is 2.06. The van der Waals surface area contributed by atoms with Crippen molar-refractivity contribution in [3.8, 4) is 0 Å². The minimum Gasteiger partial charge on any atom is -0.304 e. The number of hydrogen-bond acceptors (Lipinski definition) is 6. The van der Waals surface area contributed by atoms with Crippen LogP contribution in [0.2, 0.25) is 0 Å². The zero-order valence-corrected chi connectivity index (χ0v) is 8.51. The molecule has 7 heteroatoms. The van der Waals surface area contributed by atoms with Gasteiger partial charge in [-0.15, -0.1) is 0 Å². The summed E-state index contributed by atoms with van der Waals surface area (Å²) in [4.78, 5) is 13.7. The Bertz CT molecular complexity index is 318. The predicted octanol–water partition coefficient (Wildman–Crippen LogP) is -1.04. The van der Waals surface area contributed by atoms with Gasteiger partial charge in [0.1, 0.15) is 6.20 Å². The van der Waals surface area contributed by atoms with Gasteiger partial charge in [0.25, 0.3) is 5.91 Å². The molecule has 2 heterocycles. The second-order valence-electron chi connectivity index (χ2n) is 3.52. The Kier molecular flexibility index (Phi) is 2.93. The number of nitrogens with one attached hydrogen (secondary N) is 1. The molecule has 1 N–H and O–H groups in total. The number of hydrogen-bond donors (Lipinski definition) is 1. The standard InChI is InChI=1S/C8H13N5O2/c1-12-2-4-13(5-3-12)10-8(14)7-6-9-15-11-7/h6H,2-5H2,1H3,(H,10,14). The SMILES string of the molecule is CN1CCN(NC(=O)c2cnon2)CC1. The monoisotopic (exact) mass is 211 g/mol. The Morgan fingerprint density at radius 2 is 2.20 bits per heavy atom. The average Bonchev–Trinajstić information content (AvgIpc) is 2.74. The lowest BCUT2D eigenvalue weighted by Gasteiger charge is -2.31. The highest BCUT2D eigenvalue weighted by atomic mass is 16.6. The molecule has 0 atom stereocenters. The first-order valence-electron chi connectivity index (χ1n) is 4.78. The number of hydrazine groups is 1. The number of carbonyl (C=O) groups excluding carboxylic acids is 1. The fourth-order valence-corrected chi connectivity index (χ4v) is 1.38. The number of rotatable bonds is 2. The average molecular weight is 211 g/mol. The highest BCUT2D eigenvalue weighted by molar-refractivity contribution is 5.91. The molecule has 0 spiro atoms. The van der Waals surface area contributed by atoms with Crippen molar-refractivity contribution in [3.63, 3.8) is 0 Å². The Hall–Kier alpha value is -1.47. The minimum absolute atomic E-state index is 0.203. The van der Waals surface area contributed by atoms with Crippen LogP contribution < -0.4 is 5.43 Å². The molecule has 1 aromatic heterocycles. The first-order valence-corrected chi connectivity index (χ1v) is 4.78. The molecule has 0 radical (unpaired) electrons. The maximum atomic E-state index is 11.5. The Labute approximate surface area is 87.0 Å². The van der Waals surface area contributed by atoms with Gasteiger partial charge in [-0.25, -0.2) is 9.64 Å². The van der Waals surface area contributed by atoms with Gasteiger partial charge in [0.15, 0.2) is 5.69 Å². The Morgan fingerprint density at radius 3 is 2.80 bits per heavy atom. The van der Waals surface area contributed by atoms with E-state index in [0.29, 0.717) is 0 Å². The van der Waals surface area contributed by atoms with Crippen molar-refractivity contribution in [1.82, 2.24) is 25.6 Å². The molecule has 1 aromatic rings. The summed E-state index contributed by atoms with van der Waals surface area (Å²) >= 11 is 0. The fourth-order valence-electron chi connectivity index (χ4n) is 1.38. The number of nitrogens with zero attached hydrogens (tertiary/aromatic N) is 4. The molecule has 1 saturated heterocycles. The third-order valence-corrected chi connectivity index (χ3v) is 2.36. The third-order valence-electron chi connectivity index (χ3n) is 2.36. The summed E-state index contributed by atoms with van der Waals surface area (Å²) in [5.74, 6) is -0.277. The zero-order valence-electron chi connectivity index (χ0n) is 8.51. The van der Waals surface area contributed by atoms with E-state index in [0.717, 1.165) is 26.2 Å². The number of piperazine rings is 1. The van der Waals surface area contributed by atoms with Gasteiger partial charge in [-0.2, -0.15) is 0 Å². The molecular weight excluding hydrogens is 198 g/mol. The van der Waals surface area contributed by atoms with E-state index in [1.54, 1.807) is 0 Å². The summed E-state index contributed by atoms with van der Waals surface area (Å²) in [5, 5.41) is 8.71. The number of carbonyl (C=O) groups is 1. The lowest BCUT2D eigenvalue weighted by molar-refractivity contribution is 0.0653. The molecule has 15 heavy (non-hydrogen) atoms. The van der Waals surface area contributed by atoms with Crippen molar-refractivity contribution in [2.75, 3.05) is 33.2 Å². The van der Waals surface area contributed by atoms with E-state index in [1.807, 2.05) is 5.01 Å². The molecule has 1 fully saturated rings. The quantitative estimate of drug-likeness (QED) is 0.673. The summed E-state index contributed by atoms with van der Waals surface area (Å²) in [6, 6.07) is 0. The summed E-state index contributed by atoms with van der Waals surface area (Å²) in [5.41, 5.74) is 2.95. The Morgan fingerprint density at radius 1 is 1.47 bits per heavy atom. The van der Waals surface area contributed by atoms with Crippen molar-refractivity contribution >= 4 is 5.91 Å². The van der Waals surface area contributed by atoms with Crippen LogP contribution >= 0.6 is 0 Å². The second-order valence-corrected chi connectivity index (χ2v) is 3.52. The van der Waals surface area contributed by atoms with E-state index in [9.17, 15) is 4.79 Å². The maximum Gasteiger partial charge on any atom is 0.289 e. The fraction of sp³-hybridized carbons (Fsp3) is 0.625. The molecule has 0 aromatic carbocycles. The topological polar surface area (TPSA) is 74.5 Å². The van der Waals surface area contributed by atoms with Gasteiger partial charge < -0.3 is 4.90 Å². The van der Waals surface area contributed by atoms with Crippen molar-refractivity contribution in [3.05, 3.63) is 11.9 Å². The Balaban J connectivity index is 1.85.